The minimum Gasteiger partial charge on any atom is -0.386 e. The number of nitrogens with zero attached hydrogens (tertiary/aromatic N) is 4. The van der Waals surface area contributed by atoms with E-state index >= 15 is 0 Å². The minimum atomic E-state index is -2.80. The Morgan fingerprint density at radius 2 is 1.68 bits per heavy atom. The number of imide groups is 2. The molecule has 13 nitrogen and oxygen atoms in total. The lowest BCUT2D eigenvalue weighted by molar-refractivity contribution is -0.136. The summed E-state index contributed by atoms with van der Waals surface area (Å²) in [4.78, 5) is 76.2. The minimum absolute atomic E-state index is 0.0776. The van der Waals surface area contributed by atoms with E-state index in [1.54, 1.807) is 55.5 Å². The van der Waals surface area contributed by atoms with Crippen molar-refractivity contribution in [3.8, 4) is 0 Å². The predicted octanol–water partition coefficient (Wildman–Crippen LogP) is 7.00. The van der Waals surface area contributed by atoms with Gasteiger partial charge in [0.25, 0.3) is 24.1 Å². The number of anilines is 2. The number of rotatable bonds is 12. The highest BCUT2D eigenvalue weighted by molar-refractivity contribution is 7.18. The maximum Gasteiger partial charge on any atom is 0.280 e. The summed E-state index contributed by atoms with van der Waals surface area (Å²) < 4.78 is 27.3. The molecule has 4 aliphatic rings. The van der Waals surface area contributed by atoms with E-state index in [-0.39, 0.29) is 29.7 Å². The zero-order valence-corrected chi connectivity index (χ0v) is 34.5. The third-order valence-corrected chi connectivity index (χ3v) is 13.6. The first-order valence-corrected chi connectivity index (χ1v) is 21.6. The monoisotopic (exact) mass is 841 g/mol. The number of nitrogens with one attached hydrogen (secondary N) is 3. The number of amides is 5. The number of pyridine rings is 1. The molecule has 1 atom stereocenters. The number of piperidine rings is 2. The molecule has 0 bridgehead atoms. The quantitative estimate of drug-likeness (QED) is 0.109. The van der Waals surface area contributed by atoms with E-state index in [1.807, 2.05) is 0 Å². The molecular formula is C44H49F2N7O6S. The van der Waals surface area contributed by atoms with Crippen LogP contribution in [0.5, 0.6) is 0 Å². The Morgan fingerprint density at radius 1 is 0.933 bits per heavy atom. The van der Waals surface area contributed by atoms with Gasteiger partial charge in [-0.3, -0.25) is 34.2 Å². The van der Waals surface area contributed by atoms with E-state index in [4.69, 9.17) is 4.98 Å². The average molecular weight is 842 g/mol. The van der Waals surface area contributed by atoms with Gasteiger partial charge in [-0.25, -0.2) is 18.7 Å². The summed E-state index contributed by atoms with van der Waals surface area (Å²) in [7, 11) is 0. The normalized spacial score (nSPS) is 21.8. The molecular weight excluding hydrogens is 793 g/mol. The standard InChI is InChI=1S/C44H49F2N7O6S/c1-44(2,59)28-21-33-35(22-32(28)49-39(55)31-8-4-7-30(48-31)38(45)46)60-41(50-33)26-11-9-25(10-12-26)23-52-19-16-24(17-20-52)15-18-47-29-6-3-5-27-37(29)43(58)53(42(27)57)34-13-14-36(54)51-40(34)56/h3-8,21-22,24-26,34,38,47,59H,9-20,23H2,1-2H3,(H,49,55)(H,51,54,56). The molecule has 5 amide bonds. The number of thiazole rings is 1. The summed E-state index contributed by atoms with van der Waals surface area (Å²) in [5, 5.41) is 20.5. The lowest BCUT2D eigenvalue weighted by Gasteiger charge is -2.36. The van der Waals surface area contributed by atoms with Gasteiger partial charge in [0.1, 0.15) is 17.4 Å². The number of hydrogen-bond acceptors (Lipinski definition) is 11. The number of likely N-dealkylation sites (tertiary alicyclic amines) is 1. The largest absolute Gasteiger partial charge is 0.386 e. The molecule has 1 saturated carbocycles. The second-order valence-electron chi connectivity index (χ2n) is 17.0. The number of halogens is 2. The van der Waals surface area contributed by atoms with Crippen molar-refractivity contribution in [2.24, 2.45) is 11.8 Å². The highest BCUT2D eigenvalue weighted by Gasteiger charge is 2.45. The Hall–Kier alpha value is -5.19. The Balaban J connectivity index is 0.809. The summed E-state index contributed by atoms with van der Waals surface area (Å²) in [5.41, 5.74) is 0.827. The molecule has 3 fully saturated rings. The van der Waals surface area contributed by atoms with Crippen LogP contribution in [0.1, 0.15) is 131 Å². The first kappa shape index (κ1) is 41.5. The van der Waals surface area contributed by atoms with Gasteiger partial charge >= 0.3 is 0 Å². The molecule has 0 radical (unpaired) electrons. The number of aromatic nitrogens is 2. The maximum atomic E-state index is 13.4. The van der Waals surface area contributed by atoms with Crippen LogP contribution in [0, 0.1) is 11.8 Å². The van der Waals surface area contributed by atoms with Gasteiger partial charge in [-0.15, -0.1) is 11.3 Å². The van der Waals surface area contributed by atoms with Crippen molar-refractivity contribution >= 4 is 62.5 Å². The first-order chi connectivity index (χ1) is 28.7. The third kappa shape index (κ3) is 8.68. The topological polar surface area (TPSA) is 174 Å². The highest BCUT2D eigenvalue weighted by Crippen LogP contribution is 2.42. The van der Waals surface area contributed by atoms with Crippen molar-refractivity contribution < 1.29 is 37.9 Å². The number of fused-ring (bicyclic) bond motifs is 2. The van der Waals surface area contributed by atoms with Crippen molar-refractivity contribution in [1.82, 2.24) is 25.1 Å². The summed E-state index contributed by atoms with van der Waals surface area (Å²) in [6.45, 7) is 7.05. The zero-order chi connectivity index (χ0) is 42.3. The molecule has 5 heterocycles. The van der Waals surface area contributed by atoms with Crippen LogP contribution in [0.2, 0.25) is 0 Å². The summed E-state index contributed by atoms with van der Waals surface area (Å²) in [6.07, 6.45) is 4.78. The van der Waals surface area contributed by atoms with E-state index < -0.39 is 53.3 Å². The SMILES string of the molecule is CC(C)(O)c1cc2nc(C3CCC(CN4CCC(CCNc5cccc6c5C(=O)N(C5CCC(=O)NC5=O)C6=O)CC4)CC3)sc2cc1NC(=O)c1cccc(C(F)F)n1. The number of benzene rings is 2. The molecule has 316 valence electrons. The zero-order valence-electron chi connectivity index (χ0n) is 33.6. The van der Waals surface area contributed by atoms with Crippen LogP contribution in [0.15, 0.2) is 48.5 Å². The molecule has 2 saturated heterocycles. The summed E-state index contributed by atoms with van der Waals surface area (Å²) in [6, 6.07) is 11.7. The second kappa shape index (κ2) is 17.1. The fraction of sp³-hybridized carbons (Fsp3) is 0.477. The first-order valence-electron chi connectivity index (χ1n) is 20.8. The van der Waals surface area contributed by atoms with Crippen molar-refractivity contribution in [2.75, 3.05) is 36.8 Å². The van der Waals surface area contributed by atoms with Crippen LogP contribution in [0.4, 0.5) is 20.2 Å². The van der Waals surface area contributed by atoms with Gasteiger partial charge in [-0.1, -0.05) is 12.1 Å². The molecule has 4 aromatic rings. The van der Waals surface area contributed by atoms with Crippen molar-refractivity contribution in [3.63, 3.8) is 0 Å². The fourth-order valence-corrected chi connectivity index (χ4v) is 10.3. The van der Waals surface area contributed by atoms with E-state index in [9.17, 15) is 37.9 Å². The molecule has 16 heteroatoms. The van der Waals surface area contributed by atoms with Gasteiger partial charge < -0.3 is 20.6 Å². The van der Waals surface area contributed by atoms with Crippen LogP contribution in [0.25, 0.3) is 10.2 Å². The molecule has 2 aromatic heterocycles. The van der Waals surface area contributed by atoms with Gasteiger partial charge in [0, 0.05) is 42.4 Å². The number of hydrogen-bond donors (Lipinski definition) is 4. The number of carbonyl (C=O) groups is 5. The molecule has 1 unspecified atom stereocenters. The summed E-state index contributed by atoms with van der Waals surface area (Å²) >= 11 is 1.59. The third-order valence-electron chi connectivity index (χ3n) is 12.4. The van der Waals surface area contributed by atoms with E-state index in [0.717, 1.165) is 84.7 Å². The number of alkyl halides is 2. The highest BCUT2D eigenvalue weighted by atomic mass is 32.1. The number of carbonyl (C=O) groups excluding carboxylic acids is 5. The Bertz CT molecular complexity index is 2330. The van der Waals surface area contributed by atoms with Gasteiger partial charge in [0.05, 0.1) is 32.0 Å². The van der Waals surface area contributed by atoms with Crippen LogP contribution in [-0.2, 0) is 15.2 Å². The van der Waals surface area contributed by atoms with Gasteiger partial charge in [-0.2, -0.15) is 0 Å². The Labute approximate surface area is 350 Å². The molecule has 1 aliphatic carbocycles. The fourth-order valence-electron chi connectivity index (χ4n) is 9.15. The van der Waals surface area contributed by atoms with E-state index in [1.165, 1.54) is 18.2 Å². The van der Waals surface area contributed by atoms with Crippen molar-refractivity contribution in [2.45, 2.75) is 95.6 Å². The van der Waals surface area contributed by atoms with Crippen LogP contribution in [0.3, 0.4) is 0 Å². The molecule has 4 N–H and O–H groups in total. The molecule has 3 aliphatic heterocycles. The Kier molecular flexibility index (Phi) is 11.8. The Morgan fingerprint density at radius 3 is 2.40 bits per heavy atom. The van der Waals surface area contributed by atoms with Gasteiger partial charge in [0.15, 0.2) is 0 Å². The van der Waals surface area contributed by atoms with E-state index in [0.29, 0.717) is 41.2 Å². The smallest absolute Gasteiger partial charge is 0.280 e. The molecule has 60 heavy (non-hydrogen) atoms. The predicted molar refractivity (Wildman–Crippen MR) is 222 cm³/mol. The average Bonchev–Trinajstić information content (AvgIpc) is 3.75. The van der Waals surface area contributed by atoms with E-state index in [2.05, 4.69) is 25.8 Å². The van der Waals surface area contributed by atoms with Crippen molar-refractivity contribution in [3.05, 3.63) is 81.6 Å². The molecule has 2 aromatic carbocycles. The van der Waals surface area contributed by atoms with Gasteiger partial charge in [0.2, 0.25) is 11.8 Å². The maximum absolute atomic E-state index is 13.4. The van der Waals surface area contributed by atoms with Crippen LogP contribution >= 0.6 is 11.3 Å². The lowest BCUT2D eigenvalue weighted by Crippen LogP contribution is -2.54. The van der Waals surface area contributed by atoms with Gasteiger partial charge in [-0.05, 0) is 127 Å². The molecule has 0 spiro atoms. The summed E-state index contributed by atoms with van der Waals surface area (Å²) in [5.74, 6) is -1.22. The van der Waals surface area contributed by atoms with Crippen LogP contribution in [-0.4, -0.2) is 86.6 Å². The lowest BCUT2D eigenvalue weighted by atomic mass is 9.81. The number of aliphatic hydroxyl groups is 1. The molecule has 8 rings (SSSR count). The van der Waals surface area contributed by atoms with Crippen molar-refractivity contribution in [1.29, 1.82) is 0 Å². The van der Waals surface area contributed by atoms with Crippen LogP contribution < -0.4 is 16.0 Å². The second-order valence-corrected chi connectivity index (χ2v) is 18.1.